The van der Waals surface area contributed by atoms with E-state index in [4.69, 9.17) is 0 Å². The lowest BCUT2D eigenvalue weighted by molar-refractivity contribution is -0.141. The van der Waals surface area contributed by atoms with Crippen molar-refractivity contribution in [3.8, 4) is 0 Å². The normalized spacial score (nSPS) is 18.6. The number of halogens is 4. The van der Waals surface area contributed by atoms with Crippen LogP contribution in [-0.4, -0.2) is 38.7 Å². The smallest absolute Gasteiger partial charge is 0.356 e. The molecule has 0 unspecified atom stereocenters. The van der Waals surface area contributed by atoms with Crippen LogP contribution in [0.2, 0.25) is 0 Å². The number of carbonyl (C=O) groups excluding carboxylic acids is 1. The molecule has 39 heavy (non-hydrogen) atoms. The fourth-order valence-corrected chi connectivity index (χ4v) is 6.07. The summed E-state index contributed by atoms with van der Waals surface area (Å²) in [5, 5.41) is 2.91. The lowest BCUT2D eigenvalue weighted by Crippen LogP contribution is -2.46. The van der Waals surface area contributed by atoms with Crippen molar-refractivity contribution in [1.82, 2.24) is 10.3 Å². The molecule has 2 N–H and O–H groups in total. The van der Waals surface area contributed by atoms with Gasteiger partial charge in [0, 0.05) is 25.2 Å². The number of nitrogens with one attached hydrogen (secondary N) is 2. The van der Waals surface area contributed by atoms with Crippen LogP contribution < -0.4 is 14.9 Å². The summed E-state index contributed by atoms with van der Waals surface area (Å²) in [5.41, 5.74) is -1.30. The molecule has 1 aliphatic carbocycles. The molecule has 2 heterocycles. The van der Waals surface area contributed by atoms with Crippen LogP contribution in [0.5, 0.6) is 0 Å². The highest BCUT2D eigenvalue weighted by molar-refractivity contribution is 7.92. The SMILES string of the molecule is CC1CCN(c2nc(C(F)(F)F)ccc2CNC(=O)C2(c3ccc(NS(C)(=O)=O)c(F)c3)CCCCC2)CC1. The van der Waals surface area contributed by atoms with Crippen molar-refractivity contribution in [3.63, 3.8) is 0 Å². The van der Waals surface area contributed by atoms with Gasteiger partial charge in [-0.25, -0.2) is 17.8 Å². The minimum absolute atomic E-state index is 0.0245. The van der Waals surface area contributed by atoms with Crippen molar-refractivity contribution < 1.29 is 30.8 Å². The Morgan fingerprint density at radius 2 is 1.77 bits per heavy atom. The van der Waals surface area contributed by atoms with Crippen LogP contribution in [0.1, 0.15) is 68.7 Å². The summed E-state index contributed by atoms with van der Waals surface area (Å²) >= 11 is 0. The fourth-order valence-electron chi connectivity index (χ4n) is 5.51. The molecular weight excluding hydrogens is 536 g/mol. The summed E-state index contributed by atoms with van der Waals surface area (Å²) < 4.78 is 80.5. The van der Waals surface area contributed by atoms with E-state index in [9.17, 15) is 30.8 Å². The number of nitrogens with zero attached hydrogens (tertiary/aromatic N) is 2. The number of amides is 1. The first-order valence-corrected chi connectivity index (χ1v) is 15.1. The molecule has 1 aliphatic heterocycles. The third-order valence-electron chi connectivity index (χ3n) is 7.73. The van der Waals surface area contributed by atoms with Gasteiger partial charge in [-0.15, -0.1) is 0 Å². The molecule has 1 saturated carbocycles. The standard InChI is InChI=1S/C27H34F4N4O3S/c1-18-10-14-35(15-11-18)24-19(6-9-23(33-24)27(29,30)31)17-32-25(36)26(12-4-3-5-13-26)20-7-8-22(21(28)16-20)34-39(2,37)38/h6-9,16,18,34H,3-5,10-15,17H2,1-2H3,(H,32,36). The highest BCUT2D eigenvalue weighted by Gasteiger charge is 2.42. The molecule has 0 radical (unpaired) electrons. The molecule has 1 aromatic carbocycles. The van der Waals surface area contributed by atoms with Crippen LogP contribution in [0, 0.1) is 11.7 Å². The summed E-state index contributed by atoms with van der Waals surface area (Å²) in [7, 11) is -3.69. The third-order valence-corrected chi connectivity index (χ3v) is 8.32. The lowest BCUT2D eigenvalue weighted by Gasteiger charge is -2.37. The average molecular weight is 571 g/mol. The van der Waals surface area contributed by atoms with Crippen molar-refractivity contribution in [2.75, 3.05) is 29.0 Å². The number of anilines is 2. The van der Waals surface area contributed by atoms with Gasteiger partial charge in [0.1, 0.15) is 17.3 Å². The van der Waals surface area contributed by atoms with Gasteiger partial charge in [0.2, 0.25) is 15.9 Å². The van der Waals surface area contributed by atoms with Gasteiger partial charge in [-0.3, -0.25) is 9.52 Å². The zero-order valence-corrected chi connectivity index (χ0v) is 22.9. The molecule has 0 spiro atoms. The van der Waals surface area contributed by atoms with Crippen molar-refractivity contribution >= 4 is 27.4 Å². The molecule has 1 amide bonds. The van der Waals surface area contributed by atoms with E-state index in [1.807, 2.05) is 4.90 Å². The van der Waals surface area contributed by atoms with Crippen molar-refractivity contribution in [3.05, 3.63) is 53.0 Å². The van der Waals surface area contributed by atoms with E-state index < -0.39 is 33.1 Å². The Labute approximate surface area is 226 Å². The van der Waals surface area contributed by atoms with E-state index in [0.717, 1.165) is 44.4 Å². The van der Waals surface area contributed by atoms with Crippen LogP contribution in [0.4, 0.5) is 29.1 Å². The summed E-state index contributed by atoms with van der Waals surface area (Å²) in [6.45, 7) is 3.23. The number of pyridine rings is 1. The summed E-state index contributed by atoms with van der Waals surface area (Å²) in [4.78, 5) is 19.5. The summed E-state index contributed by atoms with van der Waals surface area (Å²) in [5.74, 6) is -0.439. The van der Waals surface area contributed by atoms with Gasteiger partial charge < -0.3 is 10.2 Å². The molecule has 1 aromatic heterocycles. The molecule has 7 nitrogen and oxygen atoms in total. The second-order valence-electron chi connectivity index (χ2n) is 10.7. The Morgan fingerprint density at radius 3 is 2.36 bits per heavy atom. The van der Waals surface area contributed by atoms with E-state index in [0.29, 0.717) is 43.0 Å². The quantitative estimate of drug-likeness (QED) is 0.437. The van der Waals surface area contributed by atoms with Gasteiger partial charge in [0.05, 0.1) is 17.4 Å². The number of benzene rings is 1. The minimum atomic E-state index is -4.59. The predicted molar refractivity (Wildman–Crippen MR) is 141 cm³/mol. The first-order valence-electron chi connectivity index (χ1n) is 13.2. The molecule has 12 heteroatoms. The maximum absolute atomic E-state index is 14.9. The maximum atomic E-state index is 14.9. The van der Waals surface area contributed by atoms with E-state index in [1.165, 1.54) is 18.2 Å². The van der Waals surface area contributed by atoms with Crippen LogP contribution in [-0.2, 0) is 33.0 Å². The zero-order chi connectivity index (χ0) is 28.4. The second kappa shape index (κ2) is 11.3. The minimum Gasteiger partial charge on any atom is -0.356 e. The molecule has 1 saturated heterocycles. The molecule has 214 valence electrons. The van der Waals surface area contributed by atoms with Crippen molar-refractivity contribution in [2.24, 2.45) is 5.92 Å². The van der Waals surface area contributed by atoms with E-state index >= 15 is 0 Å². The maximum Gasteiger partial charge on any atom is 0.433 e. The molecule has 2 aliphatic rings. The number of carbonyl (C=O) groups is 1. The fraction of sp³-hybridized carbons (Fsp3) is 0.556. The number of sulfonamides is 1. The third kappa shape index (κ3) is 6.82. The van der Waals surface area contributed by atoms with Crippen LogP contribution in [0.25, 0.3) is 0 Å². The van der Waals surface area contributed by atoms with Crippen molar-refractivity contribution in [1.29, 1.82) is 0 Å². The van der Waals surface area contributed by atoms with Crippen LogP contribution in [0.15, 0.2) is 30.3 Å². The Hall–Kier alpha value is -2.89. The predicted octanol–water partition coefficient (Wildman–Crippen LogP) is 5.37. The Bertz CT molecular complexity index is 1300. The van der Waals surface area contributed by atoms with E-state index in [2.05, 4.69) is 21.9 Å². The van der Waals surface area contributed by atoms with Gasteiger partial charge in [-0.05, 0) is 55.4 Å². The monoisotopic (exact) mass is 570 g/mol. The number of aromatic nitrogens is 1. The Balaban J connectivity index is 1.60. The van der Waals surface area contributed by atoms with Gasteiger partial charge in [0.15, 0.2) is 0 Å². The molecule has 2 fully saturated rings. The summed E-state index contributed by atoms with van der Waals surface area (Å²) in [6.07, 6.45) is 1.36. The molecule has 0 bridgehead atoms. The zero-order valence-electron chi connectivity index (χ0n) is 22.1. The molecule has 0 atom stereocenters. The topological polar surface area (TPSA) is 91.4 Å². The van der Waals surface area contributed by atoms with Crippen molar-refractivity contribution in [2.45, 2.75) is 70.0 Å². The van der Waals surface area contributed by atoms with E-state index in [-0.39, 0.29) is 24.0 Å². The Morgan fingerprint density at radius 1 is 1.10 bits per heavy atom. The number of hydrogen-bond donors (Lipinski definition) is 2. The number of hydrogen-bond acceptors (Lipinski definition) is 5. The van der Waals surface area contributed by atoms with Gasteiger partial charge in [-0.1, -0.05) is 38.3 Å². The van der Waals surface area contributed by atoms with Crippen LogP contribution in [0.3, 0.4) is 0 Å². The first-order chi connectivity index (χ1) is 18.3. The van der Waals surface area contributed by atoms with Gasteiger partial charge in [-0.2, -0.15) is 13.2 Å². The first kappa shape index (κ1) is 29.1. The number of alkyl halides is 3. The second-order valence-corrected chi connectivity index (χ2v) is 12.5. The summed E-state index contributed by atoms with van der Waals surface area (Å²) in [6, 6.07) is 6.35. The van der Waals surface area contributed by atoms with Crippen LogP contribution >= 0.6 is 0 Å². The van der Waals surface area contributed by atoms with Gasteiger partial charge >= 0.3 is 6.18 Å². The molecule has 2 aromatic rings. The highest BCUT2D eigenvalue weighted by atomic mass is 32.2. The Kier molecular flexibility index (Phi) is 8.44. The number of rotatable bonds is 7. The average Bonchev–Trinajstić information content (AvgIpc) is 2.88. The molecular formula is C27H34F4N4O3S. The molecule has 4 rings (SSSR count). The number of piperidine rings is 1. The highest BCUT2D eigenvalue weighted by Crippen LogP contribution is 2.41. The van der Waals surface area contributed by atoms with E-state index in [1.54, 1.807) is 6.07 Å². The lowest BCUT2D eigenvalue weighted by atomic mass is 9.68. The largest absolute Gasteiger partial charge is 0.433 e. The van der Waals surface area contributed by atoms with Gasteiger partial charge in [0.25, 0.3) is 0 Å².